The molecular weight excluding hydrogens is 504 g/mol. The van der Waals surface area contributed by atoms with Crippen LogP contribution in [-0.4, -0.2) is 178 Å². The molecule has 3 heterocycles. The Morgan fingerprint density at radius 1 is 0.528 bits per heavy atom. The topological polar surface area (TPSA) is 309 Å². The number of aliphatic hydroxyl groups excluding tert-OH is 11. The molecule has 15 atom stereocenters. The third-order valence-corrected chi connectivity index (χ3v) is 6.28. The van der Waals surface area contributed by atoms with Gasteiger partial charge in [0.2, 0.25) is 0 Å². The van der Waals surface area contributed by atoms with Crippen molar-refractivity contribution in [1.29, 1.82) is 0 Å². The molecule has 3 rings (SSSR count). The zero-order chi connectivity index (χ0) is 27.2. The van der Waals surface area contributed by atoms with Gasteiger partial charge in [-0.3, -0.25) is 0 Å². The summed E-state index contributed by atoms with van der Waals surface area (Å²) in [5.41, 5.74) is 0. The monoisotopic (exact) mass is 536 g/mol. The number of aliphatic hydroxyl groups is 13. The van der Waals surface area contributed by atoms with E-state index in [0.29, 0.717) is 0 Å². The van der Waals surface area contributed by atoms with Crippen LogP contribution in [0.3, 0.4) is 0 Å². The van der Waals surface area contributed by atoms with Gasteiger partial charge in [-0.2, -0.15) is 0 Å². The summed E-state index contributed by atoms with van der Waals surface area (Å²) in [5, 5.41) is 131. The standard InChI is InChI=1S/C18H32O18/c19-1-4-7(22)10(25)14(27)17(30,33-4)36-13-8(23)5(2-20)34-18(31,15(13)28)35-12-6(3-21)32-16(29)11(26)9(12)24/h4-16,19-31H,1-3H2/t4-,5-,6-,7+,8+,9-,10+,11-,12-,13+,14-,15-,16?,17+,18+/m1/s1. The Morgan fingerprint density at radius 2 is 1.00 bits per heavy atom. The molecule has 18 nitrogen and oxygen atoms in total. The molecule has 3 fully saturated rings. The van der Waals surface area contributed by atoms with Crippen LogP contribution in [0.2, 0.25) is 0 Å². The first-order chi connectivity index (χ1) is 16.7. The molecule has 212 valence electrons. The Balaban J connectivity index is 1.90. The highest BCUT2D eigenvalue weighted by atomic mass is 16.9. The molecule has 0 aromatic carbocycles. The van der Waals surface area contributed by atoms with E-state index in [1.165, 1.54) is 0 Å². The van der Waals surface area contributed by atoms with Gasteiger partial charge in [-0.05, 0) is 0 Å². The summed E-state index contributed by atoms with van der Waals surface area (Å²) in [6.07, 6.45) is -26.6. The Kier molecular flexibility index (Phi) is 9.26. The van der Waals surface area contributed by atoms with Crippen molar-refractivity contribution in [2.45, 2.75) is 91.5 Å². The first-order valence-electron chi connectivity index (χ1n) is 10.8. The van der Waals surface area contributed by atoms with Crippen LogP contribution in [0.4, 0.5) is 0 Å². The number of ether oxygens (including phenoxy) is 5. The summed E-state index contributed by atoms with van der Waals surface area (Å²) in [5.74, 6) is -6.66. The normalized spacial score (nSPS) is 54.4. The second kappa shape index (κ2) is 11.2. The van der Waals surface area contributed by atoms with Gasteiger partial charge >= 0.3 is 11.9 Å². The smallest absolute Gasteiger partial charge is 0.311 e. The number of hydrogen-bond donors (Lipinski definition) is 13. The van der Waals surface area contributed by atoms with Gasteiger partial charge in [0.25, 0.3) is 0 Å². The first-order valence-corrected chi connectivity index (χ1v) is 10.8. The predicted molar refractivity (Wildman–Crippen MR) is 104 cm³/mol. The van der Waals surface area contributed by atoms with Gasteiger partial charge in [0, 0.05) is 0 Å². The fourth-order valence-corrected chi connectivity index (χ4v) is 4.16. The molecular formula is C18H32O18. The molecule has 0 amide bonds. The van der Waals surface area contributed by atoms with E-state index in [4.69, 9.17) is 23.7 Å². The molecule has 3 aliphatic rings. The summed E-state index contributed by atoms with van der Waals surface area (Å²) in [7, 11) is 0. The number of hydrogen-bond acceptors (Lipinski definition) is 18. The fourth-order valence-electron chi connectivity index (χ4n) is 4.16. The summed E-state index contributed by atoms with van der Waals surface area (Å²) < 4.78 is 25.0. The maximum absolute atomic E-state index is 10.9. The largest absolute Gasteiger partial charge is 0.394 e. The third-order valence-electron chi connectivity index (χ3n) is 6.28. The van der Waals surface area contributed by atoms with E-state index in [2.05, 4.69) is 0 Å². The Hall–Kier alpha value is -0.720. The molecule has 18 heteroatoms. The van der Waals surface area contributed by atoms with Crippen molar-refractivity contribution in [3.8, 4) is 0 Å². The molecule has 1 unspecified atom stereocenters. The van der Waals surface area contributed by atoms with Gasteiger partial charge < -0.3 is 90.1 Å². The summed E-state index contributed by atoms with van der Waals surface area (Å²) in [4.78, 5) is 0. The lowest BCUT2D eigenvalue weighted by molar-refractivity contribution is -0.508. The van der Waals surface area contributed by atoms with Gasteiger partial charge in [-0.25, -0.2) is 0 Å². The van der Waals surface area contributed by atoms with Crippen LogP contribution >= 0.6 is 0 Å². The van der Waals surface area contributed by atoms with Crippen LogP contribution in [0.5, 0.6) is 0 Å². The van der Waals surface area contributed by atoms with Crippen LogP contribution in [0.25, 0.3) is 0 Å². The molecule has 13 N–H and O–H groups in total. The van der Waals surface area contributed by atoms with Gasteiger partial charge in [-0.15, -0.1) is 0 Å². The lowest BCUT2D eigenvalue weighted by Gasteiger charge is -2.52. The van der Waals surface area contributed by atoms with Crippen molar-refractivity contribution >= 4 is 0 Å². The van der Waals surface area contributed by atoms with Crippen LogP contribution in [0.1, 0.15) is 0 Å². The van der Waals surface area contributed by atoms with Gasteiger partial charge in [0.1, 0.15) is 61.0 Å². The van der Waals surface area contributed by atoms with Crippen molar-refractivity contribution in [2.75, 3.05) is 19.8 Å². The van der Waals surface area contributed by atoms with Gasteiger partial charge in [0.05, 0.1) is 19.8 Å². The Bertz CT molecular complexity index is 726. The SMILES string of the molecule is OC[C@H]1O[C@](O)(O[C@H]2[C@@H](O)[C@@H](CO)O[C@](O)(O[C@H]3[C@H](O)[C@@H](O)C(O)O[C@@H]3CO)[C@@H]2O)[C@H](O)[C@@H](O)[C@H]1O. The van der Waals surface area contributed by atoms with Crippen molar-refractivity contribution < 1.29 is 90.1 Å². The molecule has 36 heavy (non-hydrogen) atoms. The molecule has 0 saturated carbocycles. The molecule has 0 aromatic rings. The van der Waals surface area contributed by atoms with Crippen molar-refractivity contribution in [1.82, 2.24) is 0 Å². The molecule has 0 aromatic heterocycles. The number of rotatable bonds is 7. The second-order valence-electron chi connectivity index (χ2n) is 8.69. The van der Waals surface area contributed by atoms with Crippen LogP contribution in [0, 0.1) is 0 Å². The lowest BCUT2D eigenvalue weighted by Crippen LogP contribution is -2.73. The molecule has 3 aliphatic heterocycles. The molecule has 0 spiro atoms. The van der Waals surface area contributed by atoms with Crippen molar-refractivity contribution in [3.05, 3.63) is 0 Å². The third kappa shape index (κ3) is 5.25. The van der Waals surface area contributed by atoms with E-state index < -0.39 is 111 Å². The van der Waals surface area contributed by atoms with Crippen LogP contribution in [-0.2, 0) is 23.7 Å². The zero-order valence-corrected chi connectivity index (χ0v) is 18.5. The summed E-state index contributed by atoms with van der Waals surface area (Å²) in [6, 6.07) is 0. The van der Waals surface area contributed by atoms with Gasteiger partial charge in [-0.1, -0.05) is 0 Å². The summed E-state index contributed by atoms with van der Waals surface area (Å²) >= 11 is 0. The minimum absolute atomic E-state index is 0.938. The van der Waals surface area contributed by atoms with E-state index in [9.17, 15) is 66.4 Å². The van der Waals surface area contributed by atoms with E-state index in [1.807, 2.05) is 0 Å². The van der Waals surface area contributed by atoms with Crippen molar-refractivity contribution in [3.63, 3.8) is 0 Å². The van der Waals surface area contributed by atoms with E-state index in [1.54, 1.807) is 0 Å². The fraction of sp³-hybridized carbons (Fsp3) is 1.00. The van der Waals surface area contributed by atoms with Gasteiger partial charge in [0.15, 0.2) is 18.5 Å². The zero-order valence-electron chi connectivity index (χ0n) is 18.5. The summed E-state index contributed by atoms with van der Waals surface area (Å²) in [6.45, 7) is -3.00. The highest BCUT2D eigenvalue weighted by Gasteiger charge is 2.62. The van der Waals surface area contributed by atoms with E-state index in [-0.39, 0.29) is 0 Å². The molecule has 0 aliphatic carbocycles. The minimum atomic E-state index is -3.34. The highest BCUT2D eigenvalue weighted by molar-refractivity contribution is 4.99. The van der Waals surface area contributed by atoms with Crippen LogP contribution < -0.4 is 0 Å². The average molecular weight is 536 g/mol. The first kappa shape index (κ1) is 29.8. The highest BCUT2D eigenvalue weighted by Crippen LogP contribution is 2.38. The molecule has 3 saturated heterocycles. The average Bonchev–Trinajstić information content (AvgIpc) is 2.85. The van der Waals surface area contributed by atoms with Crippen LogP contribution in [0.15, 0.2) is 0 Å². The van der Waals surface area contributed by atoms with Crippen molar-refractivity contribution in [2.24, 2.45) is 0 Å². The molecule has 0 bridgehead atoms. The Labute approximate surface area is 202 Å². The predicted octanol–water partition coefficient (Wildman–Crippen LogP) is -8.93. The van der Waals surface area contributed by atoms with E-state index >= 15 is 0 Å². The quantitative estimate of drug-likeness (QED) is 0.134. The minimum Gasteiger partial charge on any atom is -0.394 e. The maximum atomic E-state index is 10.9. The maximum Gasteiger partial charge on any atom is 0.311 e. The lowest BCUT2D eigenvalue weighted by atomic mass is 9.94. The van der Waals surface area contributed by atoms with E-state index in [0.717, 1.165) is 0 Å². The second-order valence-corrected chi connectivity index (χ2v) is 8.69. The molecule has 0 radical (unpaired) electrons. The Morgan fingerprint density at radius 3 is 1.53 bits per heavy atom.